The van der Waals surface area contributed by atoms with E-state index in [0.29, 0.717) is 17.8 Å². The Balaban J connectivity index is 2.44. The van der Waals surface area contributed by atoms with Gasteiger partial charge in [-0.15, -0.1) is 0 Å². The van der Waals surface area contributed by atoms with Crippen LogP contribution >= 0.6 is 0 Å². The number of rotatable bonds is 5. The second-order valence-corrected chi connectivity index (χ2v) is 4.26. The fraction of sp³-hybridized carbons (Fsp3) is 0.231. The number of carboxylic acids is 1. The van der Waals surface area contributed by atoms with Gasteiger partial charge in [-0.25, -0.2) is 9.48 Å². The molecule has 0 saturated heterocycles. The number of carbonyl (C=O) groups is 1. The van der Waals surface area contributed by atoms with E-state index in [4.69, 9.17) is 0 Å². The summed E-state index contributed by atoms with van der Waals surface area (Å²) in [5.41, 5.74) is 1.16. The van der Waals surface area contributed by atoms with Gasteiger partial charge in [0.1, 0.15) is 0 Å². The lowest BCUT2D eigenvalue weighted by Gasteiger charge is -2.03. The number of hydrogen-bond donors (Lipinski definition) is 1. The minimum absolute atomic E-state index is 0.0438. The molecule has 2 aromatic rings. The molecule has 0 radical (unpaired) electrons. The average molecular weight is 275 g/mol. The van der Waals surface area contributed by atoms with Crippen molar-refractivity contribution in [2.24, 2.45) is 0 Å². The zero-order valence-electron chi connectivity index (χ0n) is 10.8. The Kier molecular flexibility index (Phi) is 3.79. The first-order valence-corrected chi connectivity index (χ1v) is 6.10. The first-order chi connectivity index (χ1) is 9.52. The number of nitro groups is 1. The highest BCUT2D eigenvalue weighted by Gasteiger charge is 2.16. The summed E-state index contributed by atoms with van der Waals surface area (Å²) in [4.78, 5) is 21.3. The average Bonchev–Trinajstić information content (AvgIpc) is 2.83. The van der Waals surface area contributed by atoms with Gasteiger partial charge in [0.15, 0.2) is 5.69 Å². The van der Waals surface area contributed by atoms with E-state index >= 15 is 0 Å². The second-order valence-electron chi connectivity index (χ2n) is 4.26. The van der Waals surface area contributed by atoms with Crippen LogP contribution in [0.3, 0.4) is 0 Å². The van der Waals surface area contributed by atoms with Gasteiger partial charge in [0, 0.05) is 12.1 Å². The molecule has 104 valence electrons. The SMILES string of the molecule is CCCc1cc(C(=O)O)n(-c2ccc([N+](=O)[O-])cc2)n1. The van der Waals surface area contributed by atoms with E-state index < -0.39 is 10.9 Å². The second kappa shape index (κ2) is 5.52. The molecule has 0 amide bonds. The number of benzene rings is 1. The van der Waals surface area contributed by atoms with Crippen LogP contribution in [0.5, 0.6) is 0 Å². The Morgan fingerprint density at radius 1 is 1.40 bits per heavy atom. The molecule has 2 rings (SSSR count). The lowest BCUT2D eigenvalue weighted by Crippen LogP contribution is -2.07. The number of aromatic carboxylic acids is 1. The quantitative estimate of drug-likeness (QED) is 0.667. The Labute approximate surface area is 114 Å². The minimum Gasteiger partial charge on any atom is -0.477 e. The van der Waals surface area contributed by atoms with Crippen LogP contribution in [0, 0.1) is 10.1 Å². The number of hydrogen-bond acceptors (Lipinski definition) is 4. The third kappa shape index (κ3) is 2.66. The van der Waals surface area contributed by atoms with Gasteiger partial charge in [-0.05, 0) is 24.6 Å². The Hall–Kier alpha value is -2.70. The predicted octanol–water partition coefficient (Wildman–Crippen LogP) is 2.43. The van der Waals surface area contributed by atoms with Crippen molar-refractivity contribution < 1.29 is 14.8 Å². The maximum absolute atomic E-state index is 11.2. The molecular formula is C13H13N3O4. The molecule has 20 heavy (non-hydrogen) atoms. The van der Waals surface area contributed by atoms with E-state index in [0.717, 1.165) is 6.42 Å². The van der Waals surface area contributed by atoms with Crippen LogP contribution in [0.4, 0.5) is 5.69 Å². The van der Waals surface area contributed by atoms with Gasteiger partial charge in [0.05, 0.1) is 16.3 Å². The van der Waals surface area contributed by atoms with Crippen LogP contribution in [0.25, 0.3) is 5.69 Å². The van der Waals surface area contributed by atoms with Gasteiger partial charge < -0.3 is 5.11 Å². The summed E-state index contributed by atoms with van der Waals surface area (Å²) in [6.07, 6.45) is 1.54. The summed E-state index contributed by atoms with van der Waals surface area (Å²) in [5.74, 6) is -1.08. The lowest BCUT2D eigenvalue weighted by atomic mass is 10.2. The summed E-state index contributed by atoms with van der Waals surface area (Å²) < 4.78 is 1.29. The summed E-state index contributed by atoms with van der Waals surface area (Å²) in [6, 6.07) is 7.12. The van der Waals surface area contributed by atoms with Crippen molar-refractivity contribution in [3.63, 3.8) is 0 Å². The molecular weight excluding hydrogens is 262 g/mol. The molecule has 0 aliphatic rings. The molecule has 1 N–H and O–H groups in total. The van der Waals surface area contributed by atoms with Gasteiger partial charge in [-0.2, -0.15) is 5.10 Å². The van der Waals surface area contributed by atoms with Crippen LogP contribution in [0.1, 0.15) is 29.5 Å². The number of nitro benzene ring substituents is 1. The molecule has 0 unspecified atom stereocenters. The molecule has 0 aliphatic heterocycles. The molecule has 0 atom stereocenters. The van der Waals surface area contributed by atoms with Crippen molar-refractivity contribution in [3.8, 4) is 5.69 Å². The maximum Gasteiger partial charge on any atom is 0.354 e. The van der Waals surface area contributed by atoms with Gasteiger partial charge in [0.2, 0.25) is 0 Å². The Bertz CT molecular complexity index is 646. The number of carboxylic acid groups (broad SMARTS) is 1. The zero-order valence-corrected chi connectivity index (χ0v) is 10.8. The van der Waals surface area contributed by atoms with E-state index in [-0.39, 0.29) is 11.4 Å². The van der Waals surface area contributed by atoms with Crippen molar-refractivity contribution in [2.75, 3.05) is 0 Å². The van der Waals surface area contributed by atoms with Crippen LogP contribution in [-0.4, -0.2) is 25.8 Å². The number of non-ortho nitro benzene ring substituents is 1. The van der Waals surface area contributed by atoms with E-state index in [2.05, 4.69) is 5.10 Å². The maximum atomic E-state index is 11.2. The van der Waals surface area contributed by atoms with Gasteiger partial charge in [-0.1, -0.05) is 13.3 Å². The first-order valence-electron chi connectivity index (χ1n) is 6.10. The van der Waals surface area contributed by atoms with Crippen LogP contribution in [0.2, 0.25) is 0 Å². The fourth-order valence-electron chi connectivity index (χ4n) is 1.87. The Morgan fingerprint density at radius 3 is 2.55 bits per heavy atom. The van der Waals surface area contributed by atoms with Crippen molar-refractivity contribution in [1.29, 1.82) is 0 Å². The summed E-state index contributed by atoms with van der Waals surface area (Å²) >= 11 is 0. The molecule has 0 spiro atoms. The molecule has 1 aromatic heterocycles. The monoisotopic (exact) mass is 275 g/mol. The highest BCUT2D eigenvalue weighted by molar-refractivity contribution is 5.86. The molecule has 7 nitrogen and oxygen atoms in total. The van der Waals surface area contributed by atoms with E-state index in [9.17, 15) is 20.0 Å². The first kappa shape index (κ1) is 13.7. The Morgan fingerprint density at radius 2 is 2.05 bits per heavy atom. The smallest absolute Gasteiger partial charge is 0.354 e. The van der Waals surface area contributed by atoms with Crippen molar-refractivity contribution >= 4 is 11.7 Å². The minimum atomic E-state index is -1.08. The normalized spacial score (nSPS) is 10.4. The predicted molar refractivity (Wildman–Crippen MR) is 71.2 cm³/mol. The fourth-order valence-corrected chi connectivity index (χ4v) is 1.87. The topological polar surface area (TPSA) is 98.3 Å². The van der Waals surface area contributed by atoms with Crippen molar-refractivity contribution in [3.05, 3.63) is 51.8 Å². The third-order valence-electron chi connectivity index (χ3n) is 2.79. The molecule has 0 saturated carbocycles. The molecule has 0 fully saturated rings. The highest BCUT2D eigenvalue weighted by Crippen LogP contribution is 2.18. The number of aryl methyl sites for hydroxylation is 1. The van der Waals surface area contributed by atoms with Gasteiger partial charge >= 0.3 is 5.97 Å². The van der Waals surface area contributed by atoms with Gasteiger partial charge in [0.25, 0.3) is 5.69 Å². The van der Waals surface area contributed by atoms with E-state index in [1.165, 1.54) is 35.0 Å². The molecule has 7 heteroatoms. The summed E-state index contributed by atoms with van der Waals surface area (Å²) in [7, 11) is 0. The van der Waals surface area contributed by atoms with E-state index in [1.54, 1.807) is 0 Å². The van der Waals surface area contributed by atoms with E-state index in [1.807, 2.05) is 6.92 Å². The zero-order chi connectivity index (χ0) is 14.7. The van der Waals surface area contributed by atoms with Crippen LogP contribution in [-0.2, 0) is 6.42 Å². The van der Waals surface area contributed by atoms with Gasteiger partial charge in [-0.3, -0.25) is 10.1 Å². The summed E-state index contributed by atoms with van der Waals surface area (Å²) in [5, 5.41) is 24.0. The molecule has 1 aromatic carbocycles. The number of nitrogens with zero attached hydrogens (tertiary/aromatic N) is 3. The number of aromatic nitrogens is 2. The standard InChI is InChI=1S/C13H13N3O4/c1-2-3-9-8-12(13(17)18)15(14-9)10-4-6-11(7-5-10)16(19)20/h4-8H,2-3H2,1H3,(H,17,18). The third-order valence-corrected chi connectivity index (χ3v) is 2.79. The molecule has 0 bridgehead atoms. The van der Waals surface area contributed by atoms with Crippen LogP contribution < -0.4 is 0 Å². The molecule has 1 heterocycles. The highest BCUT2D eigenvalue weighted by atomic mass is 16.6. The van der Waals surface area contributed by atoms with Crippen LogP contribution in [0.15, 0.2) is 30.3 Å². The van der Waals surface area contributed by atoms with Crippen molar-refractivity contribution in [2.45, 2.75) is 19.8 Å². The molecule has 0 aliphatic carbocycles. The summed E-state index contributed by atoms with van der Waals surface area (Å²) in [6.45, 7) is 1.98. The lowest BCUT2D eigenvalue weighted by molar-refractivity contribution is -0.384. The largest absolute Gasteiger partial charge is 0.477 e. The van der Waals surface area contributed by atoms with Crippen molar-refractivity contribution in [1.82, 2.24) is 9.78 Å².